The van der Waals surface area contributed by atoms with E-state index in [2.05, 4.69) is 0 Å². The molecule has 5 nitrogen and oxygen atoms in total. The van der Waals surface area contributed by atoms with Crippen LogP contribution in [0.15, 0.2) is 30.3 Å². The SMILES string of the molecule is O=C(O)c1cc2ccccc2n1S(=O)[O-]. The number of aromatic nitrogens is 1. The minimum atomic E-state index is -2.62. The molecular weight excluding hydrogens is 218 g/mol. The Morgan fingerprint density at radius 1 is 1.40 bits per heavy atom. The van der Waals surface area contributed by atoms with Crippen LogP contribution in [-0.4, -0.2) is 23.8 Å². The summed E-state index contributed by atoms with van der Waals surface area (Å²) in [7, 11) is 0. The van der Waals surface area contributed by atoms with Crippen LogP contribution in [0.1, 0.15) is 10.5 Å². The summed E-state index contributed by atoms with van der Waals surface area (Å²) in [5.41, 5.74) is 0.104. The summed E-state index contributed by atoms with van der Waals surface area (Å²) < 4.78 is 22.6. The van der Waals surface area contributed by atoms with Gasteiger partial charge in [0.2, 0.25) is 0 Å². The molecule has 0 radical (unpaired) electrons. The Morgan fingerprint density at radius 3 is 2.67 bits per heavy atom. The molecule has 78 valence electrons. The van der Waals surface area contributed by atoms with Crippen LogP contribution in [0.4, 0.5) is 0 Å². The molecule has 6 heteroatoms. The highest BCUT2D eigenvalue weighted by atomic mass is 32.2. The molecule has 1 aromatic carbocycles. The molecule has 1 unspecified atom stereocenters. The second-order valence-electron chi connectivity index (χ2n) is 2.91. The molecule has 0 saturated carbocycles. The summed E-state index contributed by atoms with van der Waals surface area (Å²) in [5, 5.41) is 9.40. The lowest BCUT2D eigenvalue weighted by Crippen LogP contribution is -2.11. The van der Waals surface area contributed by atoms with Gasteiger partial charge in [0.15, 0.2) is 0 Å². The minimum absolute atomic E-state index is 0.260. The van der Waals surface area contributed by atoms with E-state index in [9.17, 15) is 13.6 Å². The molecular formula is C9H6NO4S-. The van der Waals surface area contributed by atoms with Crippen LogP contribution in [0, 0.1) is 0 Å². The van der Waals surface area contributed by atoms with Gasteiger partial charge in [-0.1, -0.05) is 18.2 Å². The standard InChI is InChI=1S/C9H7NO4S/c11-9(12)8-5-6-3-1-2-4-7(6)10(8)15(13)14/h1-5H,(H,11,12)(H,13,14)/p-1. The third kappa shape index (κ3) is 1.53. The summed E-state index contributed by atoms with van der Waals surface area (Å²) in [6.07, 6.45) is 0. The Morgan fingerprint density at radius 2 is 2.07 bits per heavy atom. The molecule has 0 aliphatic carbocycles. The van der Waals surface area contributed by atoms with E-state index < -0.39 is 17.2 Å². The van der Waals surface area contributed by atoms with E-state index in [0.717, 1.165) is 3.97 Å². The largest absolute Gasteiger partial charge is 0.755 e. The number of nitrogens with zero attached hydrogens (tertiary/aromatic N) is 1. The van der Waals surface area contributed by atoms with E-state index in [0.29, 0.717) is 10.9 Å². The fraction of sp³-hybridized carbons (Fsp3) is 0. The normalized spacial score (nSPS) is 12.9. The van der Waals surface area contributed by atoms with Crippen LogP contribution in [0.25, 0.3) is 10.9 Å². The van der Waals surface area contributed by atoms with Gasteiger partial charge < -0.3 is 9.66 Å². The fourth-order valence-corrected chi connectivity index (χ4v) is 2.06. The summed E-state index contributed by atoms with van der Waals surface area (Å²) in [5.74, 6) is -1.27. The smallest absolute Gasteiger partial charge is 0.353 e. The van der Waals surface area contributed by atoms with Gasteiger partial charge in [-0.15, -0.1) is 0 Å². The number of hydrogen-bond donors (Lipinski definition) is 1. The molecule has 0 amide bonds. The summed E-state index contributed by atoms with van der Waals surface area (Å²) >= 11 is -2.62. The first-order valence-corrected chi connectivity index (χ1v) is 5.08. The number of hydrogen-bond acceptors (Lipinski definition) is 3. The minimum Gasteiger partial charge on any atom is -0.755 e. The van der Waals surface area contributed by atoms with Crippen molar-refractivity contribution in [1.29, 1.82) is 0 Å². The zero-order valence-corrected chi connectivity index (χ0v) is 8.23. The lowest BCUT2D eigenvalue weighted by molar-refractivity contribution is 0.0689. The summed E-state index contributed by atoms with van der Waals surface area (Å²) in [6, 6.07) is 7.90. The maximum absolute atomic E-state index is 10.9. The highest BCUT2D eigenvalue weighted by molar-refractivity contribution is 7.77. The van der Waals surface area contributed by atoms with Gasteiger partial charge in [0.1, 0.15) is 5.69 Å². The maximum Gasteiger partial charge on any atom is 0.353 e. The first-order valence-electron chi connectivity index (χ1n) is 4.05. The Hall–Kier alpha value is -1.66. The van der Waals surface area contributed by atoms with E-state index >= 15 is 0 Å². The van der Waals surface area contributed by atoms with Gasteiger partial charge in [-0.3, -0.25) is 8.18 Å². The van der Waals surface area contributed by atoms with Gasteiger partial charge in [-0.2, -0.15) is 0 Å². The van der Waals surface area contributed by atoms with Gasteiger partial charge >= 0.3 is 5.97 Å². The molecule has 0 spiro atoms. The number of para-hydroxylation sites is 1. The molecule has 0 fully saturated rings. The van der Waals surface area contributed by atoms with Crippen LogP contribution >= 0.6 is 0 Å². The Kier molecular flexibility index (Phi) is 2.29. The zero-order valence-electron chi connectivity index (χ0n) is 7.41. The lowest BCUT2D eigenvalue weighted by Gasteiger charge is -2.09. The third-order valence-corrected chi connectivity index (χ3v) is 2.73. The maximum atomic E-state index is 10.9. The second-order valence-corrected chi connectivity index (χ2v) is 3.70. The zero-order chi connectivity index (χ0) is 11.0. The fourth-order valence-electron chi connectivity index (χ4n) is 1.44. The van der Waals surface area contributed by atoms with Crippen molar-refractivity contribution in [1.82, 2.24) is 3.97 Å². The molecule has 0 saturated heterocycles. The van der Waals surface area contributed by atoms with Crippen molar-refractivity contribution in [3.8, 4) is 0 Å². The van der Waals surface area contributed by atoms with Gasteiger partial charge in [-0.25, -0.2) is 4.79 Å². The molecule has 0 aliphatic rings. The number of carboxylic acid groups (broad SMARTS) is 1. The molecule has 0 aliphatic heterocycles. The average molecular weight is 224 g/mol. The predicted octanol–water partition coefficient (Wildman–Crippen LogP) is 0.982. The molecule has 0 bridgehead atoms. The van der Waals surface area contributed by atoms with E-state index in [-0.39, 0.29) is 5.69 Å². The molecule has 1 aromatic heterocycles. The van der Waals surface area contributed by atoms with Crippen LogP contribution < -0.4 is 0 Å². The van der Waals surface area contributed by atoms with E-state index in [1.807, 2.05) is 0 Å². The van der Waals surface area contributed by atoms with Gasteiger partial charge in [0.05, 0.1) is 16.8 Å². The van der Waals surface area contributed by atoms with Crippen LogP contribution in [0.3, 0.4) is 0 Å². The summed E-state index contributed by atoms with van der Waals surface area (Å²) in [6.45, 7) is 0. The number of carbonyl (C=O) groups is 1. The van der Waals surface area contributed by atoms with Crippen molar-refractivity contribution in [2.75, 3.05) is 0 Å². The van der Waals surface area contributed by atoms with E-state index in [1.165, 1.54) is 6.07 Å². The monoisotopic (exact) mass is 224 g/mol. The first-order chi connectivity index (χ1) is 7.11. The van der Waals surface area contributed by atoms with Crippen molar-refractivity contribution < 1.29 is 18.7 Å². The van der Waals surface area contributed by atoms with Gasteiger partial charge in [-0.05, 0) is 12.1 Å². The molecule has 1 atom stereocenters. The Labute approximate surface area is 87.4 Å². The number of carboxylic acids is 1. The number of fused-ring (bicyclic) bond motifs is 1. The molecule has 2 rings (SSSR count). The molecule has 1 N–H and O–H groups in total. The van der Waals surface area contributed by atoms with Crippen molar-refractivity contribution in [2.45, 2.75) is 0 Å². The van der Waals surface area contributed by atoms with Crippen LogP contribution in [0.2, 0.25) is 0 Å². The van der Waals surface area contributed by atoms with Crippen molar-refractivity contribution in [3.05, 3.63) is 36.0 Å². The Balaban J connectivity index is 2.86. The second kappa shape index (κ2) is 3.48. The molecule has 1 heterocycles. The van der Waals surface area contributed by atoms with Gasteiger partial charge in [0, 0.05) is 5.39 Å². The van der Waals surface area contributed by atoms with Crippen molar-refractivity contribution in [2.24, 2.45) is 0 Å². The average Bonchev–Trinajstić information content (AvgIpc) is 2.56. The van der Waals surface area contributed by atoms with Crippen molar-refractivity contribution >= 4 is 28.1 Å². The van der Waals surface area contributed by atoms with Crippen LogP contribution in [-0.2, 0) is 11.3 Å². The van der Waals surface area contributed by atoms with E-state index in [1.54, 1.807) is 24.3 Å². The third-order valence-electron chi connectivity index (χ3n) is 2.03. The quantitative estimate of drug-likeness (QED) is 0.771. The van der Waals surface area contributed by atoms with E-state index in [4.69, 9.17) is 5.11 Å². The molecule has 15 heavy (non-hydrogen) atoms. The predicted molar refractivity (Wildman–Crippen MR) is 53.2 cm³/mol. The van der Waals surface area contributed by atoms with Crippen LogP contribution in [0.5, 0.6) is 0 Å². The lowest BCUT2D eigenvalue weighted by atomic mass is 10.2. The number of benzene rings is 1. The Bertz CT molecular complexity index is 560. The number of aromatic carboxylic acids is 1. The van der Waals surface area contributed by atoms with Gasteiger partial charge in [0.25, 0.3) is 0 Å². The summed E-state index contributed by atoms with van der Waals surface area (Å²) in [4.78, 5) is 10.8. The molecule has 2 aromatic rings. The topological polar surface area (TPSA) is 82.4 Å². The number of rotatable bonds is 2. The first kappa shape index (κ1) is 9.88. The highest BCUT2D eigenvalue weighted by Crippen LogP contribution is 2.20. The van der Waals surface area contributed by atoms with Crippen molar-refractivity contribution in [3.63, 3.8) is 0 Å². The highest BCUT2D eigenvalue weighted by Gasteiger charge is 2.14.